The molecule has 0 aliphatic carbocycles. The highest BCUT2D eigenvalue weighted by Gasteiger charge is 2.33. The number of hydrogen-bond donors (Lipinski definition) is 1. The van der Waals surface area contributed by atoms with Crippen LogP contribution in [0, 0.1) is 11.3 Å². The molecule has 108 valence electrons. The third kappa shape index (κ3) is 3.69. The highest BCUT2D eigenvalue weighted by molar-refractivity contribution is 9.10. The molecule has 0 fully saturated rings. The summed E-state index contributed by atoms with van der Waals surface area (Å²) in [4.78, 5) is 0. The maximum Gasteiger partial charge on any atom is 0.417 e. The summed E-state index contributed by atoms with van der Waals surface area (Å²) in [7, 11) is 0. The number of nitrogens with one attached hydrogen (secondary N) is 1. The average Bonchev–Trinajstić information content (AvgIpc) is 2.40. The van der Waals surface area contributed by atoms with Gasteiger partial charge in [0, 0.05) is 15.2 Å². The van der Waals surface area contributed by atoms with Crippen molar-refractivity contribution < 1.29 is 13.2 Å². The molecule has 0 spiro atoms. The van der Waals surface area contributed by atoms with Crippen LogP contribution in [0.2, 0.25) is 5.02 Å². The van der Waals surface area contributed by atoms with Crippen LogP contribution in [0.15, 0.2) is 40.9 Å². The third-order valence-electron chi connectivity index (χ3n) is 2.66. The summed E-state index contributed by atoms with van der Waals surface area (Å²) in [5.41, 5.74) is -0.381. The van der Waals surface area contributed by atoms with Crippen molar-refractivity contribution in [1.82, 2.24) is 0 Å². The lowest BCUT2D eigenvalue weighted by atomic mass is 10.1. The van der Waals surface area contributed by atoms with Crippen LogP contribution in [0.4, 0.5) is 24.5 Å². The summed E-state index contributed by atoms with van der Waals surface area (Å²) in [6.07, 6.45) is -4.55. The molecule has 2 aromatic carbocycles. The molecule has 0 aliphatic heterocycles. The molecule has 0 aromatic heterocycles. The van der Waals surface area contributed by atoms with Gasteiger partial charge in [0.1, 0.15) is 0 Å². The number of alkyl halides is 3. The van der Waals surface area contributed by atoms with E-state index in [0.29, 0.717) is 20.9 Å². The third-order valence-corrected chi connectivity index (χ3v) is 3.55. The molecule has 2 nitrogen and oxygen atoms in total. The number of nitriles is 1. The summed E-state index contributed by atoms with van der Waals surface area (Å²) in [5.74, 6) is 0. The minimum Gasteiger partial charge on any atom is -0.355 e. The molecule has 2 aromatic rings. The monoisotopic (exact) mass is 374 g/mol. The van der Waals surface area contributed by atoms with E-state index in [0.717, 1.165) is 12.1 Å². The molecule has 0 heterocycles. The molecule has 0 unspecified atom stereocenters. The normalized spacial score (nSPS) is 11.0. The van der Waals surface area contributed by atoms with Gasteiger partial charge < -0.3 is 5.32 Å². The van der Waals surface area contributed by atoms with Crippen molar-refractivity contribution in [2.24, 2.45) is 0 Å². The van der Waals surface area contributed by atoms with Crippen LogP contribution in [-0.4, -0.2) is 0 Å². The minimum atomic E-state index is -4.55. The van der Waals surface area contributed by atoms with Crippen LogP contribution in [-0.2, 0) is 6.18 Å². The van der Waals surface area contributed by atoms with Crippen LogP contribution < -0.4 is 5.32 Å². The van der Waals surface area contributed by atoms with E-state index in [4.69, 9.17) is 16.9 Å². The maximum absolute atomic E-state index is 12.7. The number of anilines is 2. The Balaban J connectivity index is 2.36. The van der Waals surface area contributed by atoms with Crippen molar-refractivity contribution in [3.05, 3.63) is 57.0 Å². The van der Waals surface area contributed by atoms with Crippen LogP contribution in [0.1, 0.15) is 11.1 Å². The van der Waals surface area contributed by atoms with E-state index in [1.807, 2.05) is 0 Å². The molecule has 0 saturated heterocycles. The number of rotatable bonds is 2. The van der Waals surface area contributed by atoms with Gasteiger partial charge in [-0.3, -0.25) is 0 Å². The molecular weight excluding hydrogens is 369 g/mol. The Bertz CT molecular complexity index is 723. The smallest absolute Gasteiger partial charge is 0.355 e. The Kier molecular flexibility index (Phi) is 4.45. The van der Waals surface area contributed by atoms with Gasteiger partial charge in [-0.25, -0.2) is 0 Å². The van der Waals surface area contributed by atoms with E-state index < -0.39 is 17.3 Å². The quantitative estimate of drug-likeness (QED) is 0.727. The fourth-order valence-electron chi connectivity index (χ4n) is 1.71. The van der Waals surface area contributed by atoms with E-state index in [-0.39, 0.29) is 0 Å². The Hall–Kier alpha value is -1.71. The van der Waals surface area contributed by atoms with Gasteiger partial charge >= 0.3 is 6.18 Å². The SMILES string of the molecule is N#Cc1cc(Nc2ccc(Cl)cc2Br)ccc1C(F)(F)F. The molecule has 0 saturated carbocycles. The van der Waals surface area contributed by atoms with Crippen LogP contribution in [0.3, 0.4) is 0 Å². The molecule has 1 N–H and O–H groups in total. The molecule has 21 heavy (non-hydrogen) atoms. The first-order chi connectivity index (χ1) is 9.81. The Labute approximate surface area is 132 Å². The number of benzene rings is 2. The summed E-state index contributed by atoms with van der Waals surface area (Å²) in [5, 5.41) is 12.3. The Morgan fingerprint density at radius 1 is 1.14 bits per heavy atom. The van der Waals surface area contributed by atoms with Gasteiger partial charge in [-0.15, -0.1) is 0 Å². The second-order valence-corrected chi connectivity index (χ2v) is 5.41. The molecule has 0 bridgehead atoms. The highest BCUT2D eigenvalue weighted by atomic mass is 79.9. The number of hydrogen-bond acceptors (Lipinski definition) is 2. The van der Waals surface area contributed by atoms with Gasteiger partial charge in [0.2, 0.25) is 0 Å². The van der Waals surface area contributed by atoms with Gasteiger partial charge in [0.05, 0.1) is 22.9 Å². The van der Waals surface area contributed by atoms with Crippen molar-refractivity contribution in [1.29, 1.82) is 5.26 Å². The highest BCUT2D eigenvalue weighted by Crippen LogP contribution is 2.34. The number of halogens is 5. The van der Waals surface area contributed by atoms with E-state index in [9.17, 15) is 13.2 Å². The summed E-state index contributed by atoms with van der Waals surface area (Å²) in [6.45, 7) is 0. The average molecular weight is 376 g/mol. The fourth-order valence-corrected chi connectivity index (χ4v) is 2.49. The van der Waals surface area contributed by atoms with Crippen molar-refractivity contribution in [2.75, 3.05) is 5.32 Å². The first kappa shape index (κ1) is 15.7. The van der Waals surface area contributed by atoms with Crippen LogP contribution in [0.5, 0.6) is 0 Å². The standard InChI is InChI=1S/C14H7BrClF3N2/c15-12-6-9(16)1-4-13(12)21-10-2-3-11(14(17,18)19)8(5-10)7-20/h1-6,21H. The second-order valence-electron chi connectivity index (χ2n) is 4.12. The van der Waals surface area contributed by atoms with Gasteiger partial charge in [-0.05, 0) is 52.3 Å². The Morgan fingerprint density at radius 2 is 1.86 bits per heavy atom. The number of nitrogens with zero attached hydrogens (tertiary/aromatic N) is 1. The van der Waals surface area contributed by atoms with Gasteiger partial charge in [0.25, 0.3) is 0 Å². The molecule has 2 rings (SSSR count). The summed E-state index contributed by atoms with van der Waals surface area (Å²) >= 11 is 9.11. The lowest BCUT2D eigenvalue weighted by Crippen LogP contribution is -2.08. The minimum absolute atomic E-state index is 0.377. The fraction of sp³-hybridized carbons (Fsp3) is 0.0714. The molecule has 0 aliphatic rings. The zero-order chi connectivity index (χ0) is 15.6. The van der Waals surface area contributed by atoms with Crippen molar-refractivity contribution in [2.45, 2.75) is 6.18 Å². The molecule has 0 amide bonds. The van der Waals surface area contributed by atoms with E-state index in [1.54, 1.807) is 24.3 Å². The van der Waals surface area contributed by atoms with Crippen molar-refractivity contribution >= 4 is 38.9 Å². The second kappa shape index (κ2) is 5.96. The predicted octanol–water partition coefficient (Wildman–Crippen LogP) is 5.74. The zero-order valence-corrected chi connectivity index (χ0v) is 12.6. The Morgan fingerprint density at radius 3 is 2.43 bits per heavy atom. The maximum atomic E-state index is 12.7. The topological polar surface area (TPSA) is 35.8 Å². The zero-order valence-electron chi connectivity index (χ0n) is 10.3. The molecule has 0 atom stereocenters. The lowest BCUT2D eigenvalue weighted by molar-refractivity contribution is -0.137. The van der Waals surface area contributed by atoms with Crippen molar-refractivity contribution in [3.63, 3.8) is 0 Å². The van der Waals surface area contributed by atoms with Crippen molar-refractivity contribution in [3.8, 4) is 6.07 Å². The van der Waals surface area contributed by atoms with Gasteiger partial charge in [0.15, 0.2) is 0 Å². The molecule has 0 radical (unpaired) electrons. The first-order valence-electron chi connectivity index (χ1n) is 5.64. The summed E-state index contributed by atoms with van der Waals surface area (Å²) in [6, 6.07) is 9.84. The molecule has 7 heteroatoms. The van der Waals surface area contributed by atoms with E-state index in [1.165, 1.54) is 6.07 Å². The first-order valence-corrected chi connectivity index (χ1v) is 6.82. The summed E-state index contributed by atoms with van der Waals surface area (Å²) < 4.78 is 38.8. The van der Waals surface area contributed by atoms with Gasteiger partial charge in [-0.2, -0.15) is 18.4 Å². The van der Waals surface area contributed by atoms with Gasteiger partial charge in [-0.1, -0.05) is 11.6 Å². The predicted molar refractivity (Wildman–Crippen MR) is 78.6 cm³/mol. The van der Waals surface area contributed by atoms with Crippen LogP contribution >= 0.6 is 27.5 Å². The lowest BCUT2D eigenvalue weighted by Gasteiger charge is -2.12. The van der Waals surface area contributed by atoms with E-state index >= 15 is 0 Å². The van der Waals surface area contributed by atoms with E-state index in [2.05, 4.69) is 21.2 Å². The largest absolute Gasteiger partial charge is 0.417 e. The van der Waals surface area contributed by atoms with Crippen LogP contribution in [0.25, 0.3) is 0 Å². The molecular formula is C14H7BrClF3N2.